The molecule has 0 radical (unpaired) electrons. The topological polar surface area (TPSA) is 88.1 Å². The van der Waals surface area contributed by atoms with Crippen LogP contribution in [0.2, 0.25) is 0 Å². The Kier molecular flexibility index (Phi) is 7.41. The van der Waals surface area contributed by atoms with Crippen molar-refractivity contribution < 1.29 is 17.9 Å². The fourth-order valence-corrected chi connectivity index (χ4v) is 4.06. The minimum atomic E-state index is -3.69. The van der Waals surface area contributed by atoms with Crippen LogP contribution in [0.25, 0.3) is 0 Å². The highest BCUT2D eigenvalue weighted by atomic mass is 127. The molecule has 0 unspecified atom stereocenters. The number of rotatable bonds is 7. The van der Waals surface area contributed by atoms with Gasteiger partial charge in [-0.15, -0.1) is 0 Å². The van der Waals surface area contributed by atoms with Crippen LogP contribution in [-0.2, 0) is 14.8 Å². The van der Waals surface area contributed by atoms with Crippen LogP contribution in [0.5, 0.6) is 5.75 Å². The molecule has 28 heavy (non-hydrogen) atoms. The zero-order valence-electron chi connectivity index (χ0n) is 16.0. The molecule has 0 aliphatic rings. The first kappa shape index (κ1) is 22.2. The predicted molar refractivity (Wildman–Crippen MR) is 119 cm³/mol. The average molecular weight is 515 g/mol. The van der Waals surface area contributed by atoms with Gasteiger partial charge in [0.2, 0.25) is 10.0 Å². The van der Waals surface area contributed by atoms with Gasteiger partial charge < -0.3 is 4.74 Å². The molecule has 0 aliphatic carbocycles. The van der Waals surface area contributed by atoms with Gasteiger partial charge in [0.25, 0.3) is 5.91 Å². The highest BCUT2D eigenvalue weighted by Gasteiger charge is 2.29. The Morgan fingerprint density at radius 3 is 2.21 bits per heavy atom. The number of nitrogens with zero attached hydrogens (tertiary/aromatic N) is 2. The largest absolute Gasteiger partial charge is 0.497 e. The monoisotopic (exact) mass is 515 g/mol. The molecule has 2 aromatic rings. The second-order valence-electron chi connectivity index (χ2n) is 6.11. The molecule has 0 aromatic heterocycles. The number of carbonyl (C=O) groups excluding carboxylic acids is 1. The van der Waals surface area contributed by atoms with Crippen LogP contribution in [0.1, 0.15) is 19.4 Å². The summed E-state index contributed by atoms with van der Waals surface area (Å²) in [6.45, 7) is 3.28. The first-order valence-electron chi connectivity index (χ1n) is 8.37. The predicted octanol–water partition coefficient (Wildman–Crippen LogP) is 2.99. The third kappa shape index (κ3) is 5.68. The molecule has 0 heterocycles. The van der Waals surface area contributed by atoms with Crippen LogP contribution in [-0.4, -0.2) is 39.4 Å². The summed E-state index contributed by atoms with van der Waals surface area (Å²) in [6, 6.07) is 13.1. The van der Waals surface area contributed by atoms with Gasteiger partial charge in [0.05, 0.1) is 24.8 Å². The second-order valence-corrected chi connectivity index (χ2v) is 9.22. The first-order valence-corrected chi connectivity index (χ1v) is 11.3. The van der Waals surface area contributed by atoms with Crippen LogP contribution in [0.4, 0.5) is 5.69 Å². The summed E-state index contributed by atoms with van der Waals surface area (Å²) in [7, 11) is -2.17. The number of hydrazone groups is 1. The number of hydrogen-bond acceptors (Lipinski definition) is 5. The maximum absolute atomic E-state index is 12.6. The van der Waals surface area contributed by atoms with Crippen LogP contribution < -0.4 is 14.5 Å². The summed E-state index contributed by atoms with van der Waals surface area (Å²) in [5, 5.41) is 4.10. The number of halogens is 1. The van der Waals surface area contributed by atoms with Crippen LogP contribution in [0.15, 0.2) is 53.6 Å². The Balaban J connectivity index is 2.21. The van der Waals surface area contributed by atoms with E-state index in [0.717, 1.165) is 19.7 Å². The highest BCUT2D eigenvalue weighted by Crippen LogP contribution is 2.23. The molecule has 0 bridgehead atoms. The fourth-order valence-electron chi connectivity index (χ4n) is 2.53. The standard InChI is InChI=1S/C19H22IN3O4S/c1-13(15-5-7-16(20)8-6-15)21-22-19(24)14(2)23(28(4,25)26)17-9-11-18(27-3)12-10-17/h5-12,14H,1-4H3,(H,22,24)/b21-13-/t14-/m0/s1. The maximum atomic E-state index is 12.6. The summed E-state index contributed by atoms with van der Waals surface area (Å²) >= 11 is 2.21. The highest BCUT2D eigenvalue weighted by molar-refractivity contribution is 14.1. The quantitative estimate of drug-likeness (QED) is 0.349. The third-order valence-corrected chi connectivity index (χ3v) is 5.97. The molecule has 0 saturated carbocycles. The van der Waals surface area contributed by atoms with Crippen molar-refractivity contribution in [1.29, 1.82) is 0 Å². The van der Waals surface area contributed by atoms with E-state index in [1.54, 1.807) is 31.2 Å². The zero-order valence-corrected chi connectivity index (χ0v) is 19.0. The molecule has 9 heteroatoms. The van der Waals surface area contributed by atoms with E-state index >= 15 is 0 Å². The lowest BCUT2D eigenvalue weighted by Gasteiger charge is -2.27. The molecule has 0 saturated heterocycles. The summed E-state index contributed by atoms with van der Waals surface area (Å²) in [5.41, 5.74) is 4.30. The molecular weight excluding hydrogens is 493 g/mol. The Hall–Kier alpha value is -2.14. The summed E-state index contributed by atoms with van der Waals surface area (Å²) < 4.78 is 31.8. The van der Waals surface area contributed by atoms with Gasteiger partial charge in [-0.3, -0.25) is 9.10 Å². The van der Waals surface area contributed by atoms with E-state index in [9.17, 15) is 13.2 Å². The van der Waals surface area contributed by atoms with Gasteiger partial charge in [-0.05, 0) is 78.4 Å². The fraction of sp³-hybridized carbons (Fsp3) is 0.263. The maximum Gasteiger partial charge on any atom is 0.263 e. The van der Waals surface area contributed by atoms with E-state index in [2.05, 4.69) is 33.1 Å². The second kappa shape index (κ2) is 9.37. The third-order valence-electron chi connectivity index (χ3n) is 4.01. The number of carbonyl (C=O) groups is 1. The zero-order chi connectivity index (χ0) is 20.9. The van der Waals surface area contributed by atoms with Gasteiger partial charge in [-0.25, -0.2) is 13.8 Å². The van der Waals surface area contributed by atoms with Crippen molar-refractivity contribution in [2.24, 2.45) is 5.10 Å². The van der Waals surface area contributed by atoms with Crippen molar-refractivity contribution in [1.82, 2.24) is 5.43 Å². The lowest BCUT2D eigenvalue weighted by Crippen LogP contribution is -2.46. The molecular formula is C19H22IN3O4S. The van der Waals surface area contributed by atoms with E-state index in [4.69, 9.17) is 4.74 Å². The number of amides is 1. The number of hydrogen-bond donors (Lipinski definition) is 1. The van der Waals surface area contributed by atoms with Crippen molar-refractivity contribution in [3.8, 4) is 5.75 Å². The SMILES string of the molecule is COc1ccc(N([C@@H](C)C(=O)N/N=C(/C)c2ccc(I)cc2)S(C)(=O)=O)cc1. The number of benzene rings is 2. The molecule has 0 fully saturated rings. The smallest absolute Gasteiger partial charge is 0.263 e. The number of methoxy groups -OCH3 is 1. The Morgan fingerprint density at radius 1 is 1.14 bits per heavy atom. The van der Waals surface area contributed by atoms with E-state index in [-0.39, 0.29) is 0 Å². The summed E-state index contributed by atoms with van der Waals surface area (Å²) in [4.78, 5) is 12.6. The van der Waals surface area contributed by atoms with Gasteiger partial charge in [0, 0.05) is 3.57 Å². The molecule has 0 aliphatic heterocycles. The van der Waals surface area contributed by atoms with Crippen LogP contribution in [0.3, 0.4) is 0 Å². The van der Waals surface area contributed by atoms with Crippen molar-refractivity contribution in [3.05, 3.63) is 57.7 Å². The van der Waals surface area contributed by atoms with E-state index in [0.29, 0.717) is 17.1 Å². The van der Waals surface area contributed by atoms with Crippen molar-refractivity contribution in [2.45, 2.75) is 19.9 Å². The lowest BCUT2D eigenvalue weighted by atomic mass is 10.1. The van der Waals surface area contributed by atoms with Gasteiger partial charge in [0.1, 0.15) is 11.8 Å². The summed E-state index contributed by atoms with van der Waals surface area (Å²) in [6.07, 6.45) is 1.06. The normalized spacial score (nSPS) is 13.0. The molecule has 2 rings (SSSR count). The van der Waals surface area contributed by atoms with Crippen molar-refractivity contribution in [3.63, 3.8) is 0 Å². The molecule has 1 N–H and O–H groups in total. The molecule has 1 atom stereocenters. The minimum Gasteiger partial charge on any atom is -0.497 e. The number of ether oxygens (including phenoxy) is 1. The van der Waals surface area contributed by atoms with E-state index in [1.807, 2.05) is 24.3 Å². The molecule has 150 valence electrons. The first-order chi connectivity index (χ1) is 13.1. The van der Waals surface area contributed by atoms with E-state index < -0.39 is 22.0 Å². The van der Waals surface area contributed by atoms with E-state index in [1.165, 1.54) is 14.0 Å². The molecule has 1 amide bonds. The van der Waals surface area contributed by atoms with Crippen molar-refractivity contribution in [2.75, 3.05) is 17.7 Å². The number of anilines is 1. The Labute approximate surface area is 179 Å². The van der Waals surface area contributed by atoms with Gasteiger partial charge >= 0.3 is 0 Å². The summed E-state index contributed by atoms with van der Waals surface area (Å²) in [5.74, 6) is 0.0538. The van der Waals surface area contributed by atoms with Gasteiger partial charge in [-0.2, -0.15) is 5.10 Å². The Morgan fingerprint density at radius 2 is 1.71 bits per heavy atom. The Bertz CT molecular complexity index is 958. The number of sulfonamides is 1. The molecule has 2 aromatic carbocycles. The number of nitrogens with one attached hydrogen (secondary N) is 1. The minimum absolute atomic E-state index is 0.365. The lowest BCUT2D eigenvalue weighted by molar-refractivity contribution is -0.121. The average Bonchev–Trinajstić information content (AvgIpc) is 2.66. The molecule has 0 spiro atoms. The van der Waals surface area contributed by atoms with Crippen LogP contribution in [0, 0.1) is 3.57 Å². The molecule has 7 nitrogen and oxygen atoms in total. The van der Waals surface area contributed by atoms with Gasteiger partial charge in [-0.1, -0.05) is 12.1 Å². The van der Waals surface area contributed by atoms with Gasteiger partial charge in [0.15, 0.2) is 0 Å². The van der Waals surface area contributed by atoms with Crippen molar-refractivity contribution >= 4 is 49.9 Å². The van der Waals surface area contributed by atoms with Crippen LogP contribution >= 0.6 is 22.6 Å².